The van der Waals surface area contributed by atoms with Gasteiger partial charge in [-0.1, -0.05) is 30.3 Å². The molecule has 2 aromatic rings. The molecule has 2 rings (SSSR count). The molecule has 9 heteroatoms. The molecule has 0 aliphatic rings. The van der Waals surface area contributed by atoms with Crippen LogP contribution in [0.25, 0.3) is 0 Å². The highest BCUT2D eigenvalue weighted by Gasteiger charge is 2.22. The molecular formula is C18H18F2N4O3. The first-order valence-corrected chi connectivity index (χ1v) is 7.96. The largest absolute Gasteiger partial charge is 0.341 e. The number of halogens is 2. The third kappa shape index (κ3) is 5.86. The number of hydrogen-bond acceptors (Lipinski definition) is 4. The Kier molecular flexibility index (Phi) is 6.95. The molecule has 0 radical (unpaired) electrons. The number of benzene rings is 2. The fourth-order valence-electron chi connectivity index (χ4n) is 2.23. The van der Waals surface area contributed by atoms with Crippen LogP contribution in [0.15, 0.2) is 48.5 Å². The first-order valence-electron chi connectivity index (χ1n) is 7.96. The topological polar surface area (TPSA) is 99.3 Å². The van der Waals surface area contributed by atoms with Crippen molar-refractivity contribution in [2.75, 3.05) is 18.9 Å². The van der Waals surface area contributed by atoms with Crippen molar-refractivity contribution in [2.24, 2.45) is 0 Å². The Morgan fingerprint density at radius 3 is 2.33 bits per heavy atom. The molecule has 0 unspecified atom stereocenters. The highest BCUT2D eigenvalue weighted by molar-refractivity contribution is 5.98. The molecule has 1 atom stereocenters. The molecule has 4 N–H and O–H groups in total. The predicted molar refractivity (Wildman–Crippen MR) is 94.8 cm³/mol. The first-order chi connectivity index (χ1) is 12.9. The number of imide groups is 1. The summed E-state index contributed by atoms with van der Waals surface area (Å²) in [6.45, 7) is -0.306. The zero-order chi connectivity index (χ0) is 19.8. The lowest BCUT2D eigenvalue weighted by Gasteiger charge is -2.18. The summed E-state index contributed by atoms with van der Waals surface area (Å²) < 4.78 is 26.1. The van der Waals surface area contributed by atoms with Gasteiger partial charge < -0.3 is 10.6 Å². The van der Waals surface area contributed by atoms with Crippen molar-refractivity contribution in [1.29, 1.82) is 0 Å². The normalized spacial score (nSPS) is 11.4. The molecule has 0 bridgehead atoms. The van der Waals surface area contributed by atoms with Crippen LogP contribution in [-0.4, -0.2) is 31.4 Å². The average Bonchev–Trinajstić information content (AvgIpc) is 2.65. The molecule has 4 amide bonds. The second kappa shape index (κ2) is 9.39. The van der Waals surface area contributed by atoms with Crippen LogP contribution in [-0.2, 0) is 9.59 Å². The van der Waals surface area contributed by atoms with Crippen molar-refractivity contribution in [3.05, 3.63) is 65.7 Å². The van der Waals surface area contributed by atoms with Gasteiger partial charge in [-0.3, -0.25) is 20.2 Å². The van der Waals surface area contributed by atoms with Gasteiger partial charge in [-0.2, -0.15) is 0 Å². The number of amides is 4. The summed E-state index contributed by atoms with van der Waals surface area (Å²) >= 11 is 0. The smallest absolute Gasteiger partial charge is 0.321 e. The quantitative estimate of drug-likeness (QED) is 0.617. The minimum Gasteiger partial charge on any atom is -0.341 e. The Hall–Kier alpha value is -3.33. The average molecular weight is 376 g/mol. The van der Waals surface area contributed by atoms with Crippen LogP contribution < -0.4 is 21.3 Å². The maximum Gasteiger partial charge on any atom is 0.321 e. The Bertz CT molecular complexity index is 831. The highest BCUT2D eigenvalue weighted by atomic mass is 19.2. The first kappa shape index (κ1) is 20.0. The molecule has 0 saturated carbocycles. The van der Waals surface area contributed by atoms with Gasteiger partial charge in [0, 0.05) is 18.8 Å². The summed E-state index contributed by atoms with van der Waals surface area (Å²) in [6, 6.07) is 9.78. The zero-order valence-electron chi connectivity index (χ0n) is 14.4. The van der Waals surface area contributed by atoms with E-state index in [0.29, 0.717) is 5.56 Å². The molecule has 0 saturated heterocycles. The van der Waals surface area contributed by atoms with E-state index in [4.69, 9.17) is 0 Å². The van der Waals surface area contributed by atoms with E-state index in [9.17, 15) is 23.2 Å². The third-order valence-corrected chi connectivity index (χ3v) is 3.53. The van der Waals surface area contributed by atoms with E-state index in [1.54, 1.807) is 30.3 Å². The van der Waals surface area contributed by atoms with Crippen molar-refractivity contribution in [3.63, 3.8) is 0 Å². The number of urea groups is 1. The SMILES string of the molecule is CNC(=O)NC(=O)[C@@H](NCC(=O)Nc1ccc(F)c(F)c1)c1ccccc1. The van der Waals surface area contributed by atoms with Gasteiger partial charge in [0.2, 0.25) is 11.8 Å². The second-order valence-electron chi connectivity index (χ2n) is 5.47. The molecule has 0 fully saturated rings. The van der Waals surface area contributed by atoms with Gasteiger partial charge in [-0.05, 0) is 17.7 Å². The number of rotatable bonds is 6. The van der Waals surface area contributed by atoms with Gasteiger partial charge in [0.1, 0.15) is 6.04 Å². The Morgan fingerprint density at radius 1 is 1.00 bits per heavy atom. The van der Waals surface area contributed by atoms with Crippen LogP contribution in [0.3, 0.4) is 0 Å². The van der Waals surface area contributed by atoms with Crippen molar-refractivity contribution < 1.29 is 23.2 Å². The van der Waals surface area contributed by atoms with Gasteiger partial charge in [0.15, 0.2) is 11.6 Å². The summed E-state index contributed by atoms with van der Waals surface area (Å²) in [5, 5.41) is 9.53. The van der Waals surface area contributed by atoms with Gasteiger partial charge >= 0.3 is 6.03 Å². The minimum atomic E-state index is -1.09. The van der Waals surface area contributed by atoms with E-state index >= 15 is 0 Å². The van der Waals surface area contributed by atoms with Crippen LogP contribution in [0.1, 0.15) is 11.6 Å². The third-order valence-electron chi connectivity index (χ3n) is 3.53. The number of anilines is 1. The van der Waals surface area contributed by atoms with Crippen molar-refractivity contribution in [2.45, 2.75) is 6.04 Å². The van der Waals surface area contributed by atoms with E-state index in [1.165, 1.54) is 13.1 Å². The molecule has 0 aromatic heterocycles. The fourth-order valence-corrected chi connectivity index (χ4v) is 2.23. The standard InChI is InChI=1S/C18H18F2N4O3/c1-21-18(27)24-17(26)16(11-5-3-2-4-6-11)22-10-15(25)23-12-7-8-13(19)14(20)9-12/h2-9,16,22H,10H2,1H3,(H,23,25)(H2,21,24,26,27)/t16-/m0/s1. The minimum absolute atomic E-state index is 0.0757. The molecule has 0 heterocycles. The molecule has 0 aliphatic heterocycles. The second-order valence-corrected chi connectivity index (χ2v) is 5.47. The van der Waals surface area contributed by atoms with Crippen LogP contribution in [0, 0.1) is 11.6 Å². The highest BCUT2D eigenvalue weighted by Crippen LogP contribution is 2.14. The van der Waals surface area contributed by atoms with Gasteiger partial charge in [-0.15, -0.1) is 0 Å². The molecule has 0 aliphatic carbocycles. The molecule has 142 valence electrons. The van der Waals surface area contributed by atoms with Crippen LogP contribution in [0.4, 0.5) is 19.3 Å². The summed E-state index contributed by atoms with van der Waals surface area (Å²) in [6.07, 6.45) is 0. The van der Waals surface area contributed by atoms with Crippen molar-refractivity contribution in [3.8, 4) is 0 Å². The summed E-state index contributed by atoms with van der Waals surface area (Å²) in [7, 11) is 1.36. The fraction of sp³-hybridized carbons (Fsp3) is 0.167. The lowest BCUT2D eigenvalue weighted by Crippen LogP contribution is -2.45. The van der Waals surface area contributed by atoms with E-state index in [1.807, 2.05) is 0 Å². The number of nitrogens with one attached hydrogen (secondary N) is 4. The molecule has 7 nitrogen and oxygen atoms in total. The zero-order valence-corrected chi connectivity index (χ0v) is 14.4. The number of carbonyl (C=O) groups is 3. The molecule has 27 heavy (non-hydrogen) atoms. The molecule has 0 spiro atoms. The summed E-state index contributed by atoms with van der Waals surface area (Å²) in [4.78, 5) is 35.7. The Balaban J connectivity index is 2.04. The Labute approximate surface area is 154 Å². The van der Waals surface area contributed by atoms with Gasteiger partial charge in [-0.25, -0.2) is 13.6 Å². The summed E-state index contributed by atoms with van der Waals surface area (Å²) in [5.41, 5.74) is 0.617. The van der Waals surface area contributed by atoms with Crippen molar-refractivity contribution in [1.82, 2.24) is 16.0 Å². The maximum absolute atomic E-state index is 13.2. The molecule has 2 aromatic carbocycles. The van der Waals surface area contributed by atoms with Gasteiger partial charge in [0.05, 0.1) is 6.54 Å². The van der Waals surface area contributed by atoms with E-state index in [2.05, 4.69) is 21.3 Å². The molecular weight excluding hydrogens is 358 g/mol. The maximum atomic E-state index is 13.2. The summed E-state index contributed by atoms with van der Waals surface area (Å²) in [5.74, 6) is -3.34. The van der Waals surface area contributed by atoms with E-state index in [0.717, 1.165) is 12.1 Å². The van der Waals surface area contributed by atoms with E-state index < -0.39 is 35.5 Å². The van der Waals surface area contributed by atoms with Crippen LogP contribution in [0.2, 0.25) is 0 Å². The van der Waals surface area contributed by atoms with Crippen LogP contribution in [0.5, 0.6) is 0 Å². The van der Waals surface area contributed by atoms with Gasteiger partial charge in [0.25, 0.3) is 0 Å². The van der Waals surface area contributed by atoms with Crippen molar-refractivity contribution >= 4 is 23.5 Å². The lowest BCUT2D eigenvalue weighted by molar-refractivity contribution is -0.122. The Morgan fingerprint density at radius 2 is 1.70 bits per heavy atom. The predicted octanol–water partition coefficient (Wildman–Crippen LogP) is 1.69. The monoisotopic (exact) mass is 376 g/mol. The number of carbonyl (C=O) groups excluding carboxylic acids is 3. The van der Waals surface area contributed by atoms with Crippen LogP contribution >= 0.6 is 0 Å². The number of hydrogen-bond donors (Lipinski definition) is 4. The van der Waals surface area contributed by atoms with E-state index in [-0.39, 0.29) is 12.2 Å². The lowest BCUT2D eigenvalue weighted by atomic mass is 10.1.